The summed E-state index contributed by atoms with van der Waals surface area (Å²) in [6.07, 6.45) is 3.28. The average Bonchev–Trinajstić information content (AvgIpc) is 2.07. The van der Waals surface area contributed by atoms with Gasteiger partial charge in [-0.05, 0) is 6.92 Å². The number of aryl methyl sites for hydroxylation is 1. The summed E-state index contributed by atoms with van der Waals surface area (Å²) in [6, 6.07) is 10.3. The van der Waals surface area contributed by atoms with E-state index >= 15 is 0 Å². The van der Waals surface area contributed by atoms with Crippen LogP contribution in [0.5, 0.6) is 0 Å². The van der Waals surface area contributed by atoms with Gasteiger partial charge in [0.15, 0.2) is 0 Å². The molecule has 1 aromatic carbocycles. The smallest absolute Gasteiger partial charge is 0.0398 e. The summed E-state index contributed by atoms with van der Waals surface area (Å²) in [7, 11) is 0. The standard InChI is InChI=1S/C7H8.C4H6/c1-7-5-3-2-4-6-7;1-3-4-2/h2-6H,1H3;3-4H,1-2H2. The normalized spacial score (nSPS) is 7.36. The third-order valence-electron chi connectivity index (χ3n) is 1.11. The lowest BCUT2D eigenvalue weighted by Gasteiger charge is -1.82. The molecular formula is C11H14. The minimum absolute atomic E-state index is 1.32. The van der Waals surface area contributed by atoms with Crippen LogP contribution in [0, 0.1) is 6.92 Å². The molecule has 1 rings (SSSR count). The van der Waals surface area contributed by atoms with Gasteiger partial charge in [-0.3, -0.25) is 0 Å². The van der Waals surface area contributed by atoms with Gasteiger partial charge >= 0.3 is 0 Å². The average molecular weight is 146 g/mol. The van der Waals surface area contributed by atoms with E-state index < -0.39 is 0 Å². The molecule has 0 spiro atoms. The summed E-state index contributed by atoms with van der Waals surface area (Å²) in [6.45, 7) is 8.81. The van der Waals surface area contributed by atoms with E-state index in [2.05, 4.69) is 32.2 Å². The highest BCUT2D eigenvalue weighted by Crippen LogP contribution is 1.92. The van der Waals surface area contributed by atoms with Crippen LogP contribution in [0.25, 0.3) is 0 Å². The maximum Gasteiger partial charge on any atom is -0.0398 e. The Morgan fingerprint density at radius 2 is 1.45 bits per heavy atom. The zero-order valence-electron chi connectivity index (χ0n) is 6.96. The molecule has 0 aliphatic heterocycles. The highest BCUT2D eigenvalue weighted by atomic mass is 13.8. The highest BCUT2D eigenvalue weighted by Gasteiger charge is 1.72. The first kappa shape index (κ1) is 9.70. The Bertz CT molecular complexity index is 191. The molecule has 0 aliphatic rings. The summed E-state index contributed by atoms with van der Waals surface area (Å²) in [5, 5.41) is 0. The monoisotopic (exact) mass is 146 g/mol. The van der Waals surface area contributed by atoms with E-state index in [1.165, 1.54) is 5.56 Å². The van der Waals surface area contributed by atoms with Crippen molar-refractivity contribution in [3.8, 4) is 0 Å². The second-order valence-electron chi connectivity index (χ2n) is 2.13. The molecule has 0 saturated heterocycles. The first-order valence-electron chi connectivity index (χ1n) is 3.56. The molecule has 1 aromatic rings. The molecule has 0 amide bonds. The number of benzene rings is 1. The number of rotatable bonds is 1. The van der Waals surface area contributed by atoms with Gasteiger partial charge in [0.2, 0.25) is 0 Å². The Morgan fingerprint density at radius 3 is 1.64 bits per heavy atom. The largest absolute Gasteiger partial charge is 0.0991 e. The molecule has 0 saturated carbocycles. The molecule has 0 N–H and O–H groups in total. The number of hydrogen-bond acceptors (Lipinski definition) is 0. The van der Waals surface area contributed by atoms with Crippen molar-refractivity contribution in [3.05, 3.63) is 61.2 Å². The van der Waals surface area contributed by atoms with Gasteiger partial charge < -0.3 is 0 Å². The van der Waals surface area contributed by atoms with Crippen molar-refractivity contribution < 1.29 is 0 Å². The Morgan fingerprint density at radius 1 is 1.00 bits per heavy atom. The molecule has 0 bridgehead atoms. The second-order valence-corrected chi connectivity index (χ2v) is 2.13. The third kappa shape index (κ3) is 6.59. The van der Waals surface area contributed by atoms with Crippen LogP contribution in [0.3, 0.4) is 0 Å². The molecule has 0 nitrogen and oxygen atoms in total. The van der Waals surface area contributed by atoms with Crippen LogP contribution in [0.2, 0.25) is 0 Å². The SMILES string of the molecule is C=CC=C.Cc1ccccc1. The first-order chi connectivity index (χ1) is 5.31. The van der Waals surface area contributed by atoms with Crippen LogP contribution in [-0.4, -0.2) is 0 Å². The van der Waals surface area contributed by atoms with Crippen molar-refractivity contribution in [2.45, 2.75) is 6.92 Å². The molecule has 58 valence electrons. The maximum absolute atomic E-state index is 3.36. The molecule has 0 heteroatoms. The van der Waals surface area contributed by atoms with Crippen molar-refractivity contribution in [1.82, 2.24) is 0 Å². The van der Waals surface area contributed by atoms with Crippen LogP contribution >= 0.6 is 0 Å². The number of hydrogen-bond donors (Lipinski definition) is 0. The minimum Gasteiger partial charge on any atom is -0.0991 e. The molecular weight excluding hydrogens is 132 g/mol. The van der Waals surface area contributed by atoms with E-state index in [1.807, 2.05) is 18.2 Å². The van der Waals surface area contributed by atoms with Gasteiger partial charge in [-0.25, -0.2) is 0 Å². The minimum atomic E-state index is 1.32. The first-order valence-corrected chi connectivity index (χ1v) is 3.56. The van der Waals surface area contributed by atoms with Crippen molar-refractivity contribution in [2.24, 2.45) is 0 Å². The molecule has 0 atom stereocenters. The second kappa shape index (κ2) is 6.81. The summed E-state index contributed by atoms with van der Waals surface area (Å²) >= 11 is 0. The maximum atomic E-state index is 3.36. The van der Waals surface area contributed by atoms with Crippen molar-refractivity contribution in [2.75, 3.05) is 0 Å². The van der Waals surface area contributed by atoms with Crippen LogP contribution in [-0.2, 0) is 0 Å². The fraction of sp³-hybridized carbons (Fsp3) is 0.0909. The third-order valence-corrected chi connectivity index (χ3v) is 1.11. The predicted molar refractivity (Wildman–Crippen MR) is 51.6 cm³/mol. The van der Waals surface area contributed by atoms with Gasteiger partial charge in [0.25, 0.3) is 0 Å². The Kier molecular flexibility index (Phi) is 6.01. The zero-order valence-corrected chi connectivity index (χ0v) is 6.96. The summed E-state index contributed by atoms with van der Waals surface area (Å²) in [5.41, 5.74) is 1.32. The van der Waals surface area contributed by atoms with Gasteiger partial charge in [-0.15, -0.1) is 0 Å². The van der Waals surface area contributed by atoms with Gasteiger partial charge in [0.05, 0.1) is 0 Å². The molecule has 0 heterocycles. The van der Waals surface area contributed by atoms with Crippen LogP contribution < -0.4 is 0 Å². The summed E-state index contributed by atoms with van der Waals surface area (Å²) in [4.78, 5) is 0. The molecule has 0 fully saturated rings. The number of allylic oxidation sites excluding steroid dienone is 2. The van der Waals surface area contributed by atoms with Crippen LogP contribution in [0.1, 0.15) is 5.56 Å². The van der Waals surface area contributed by atoms with E-state index in [0.29, 0.717) is 0 Å². The van der Waals surface area contributed by atoms with E-state index in [0.717, 1.165) is 0 Å². The van der Waals surface area contributed by atoms with Gasteiger partial charge in [-0.2, -0.15) is 0 Å². The Hall–Kier alpha value is -1.30. The molecule has 0 radical (unpaired) electrons. The van der Waals surface area contributed by atoms with Crippen molar-refractivity contribution >= 4 is 0 Å². The van der Waals surface area contributed by atoms with Crippen LogP contribution in [0.4, 0.5) is 0 Å². The van der Waals surface area contributed by atoms with Crippen molar-refractivity contribution in [3.63, 3.8) is 0 Å². The lowest BCUT2D eigenvalue weighted by atomic mass is 10.2. The fourth-order valence-corrected chi connectivity index (χ4v) is 0.534. The summed E-state index contributed by atoms with van der Waals surface area (Å²) < 4.78 is 0. The summed E-state index contributed by atoms with van der Waals surface area (Å²) in [5.74, 6) is 0. The Labute approximate surface area is 68.9 Å². The fourth-order valence-electron chi connectivity index (χ4n) is 0.534. The van der Waals surface area contributed by atoms with Gasteiger partial charge in [0, 0.05) is 0 Å². The van der Waals surface area contributed by atoms with Gasteiger partial charge in [-0.1, -0.05) is 61.2 Å². The van der Waals surface area contributed by atoms with E-state index in [4.69, 9.17) is 0 Å². The van der Waals surface area contributed by atoms with E-state index in [9.17, 15) is 0 Å². The van der Waals surface area contributed by atoms with Crippen molar-refractivity contribution in [1.29, 1.82) is 0 Å². The molecule has 0 aromatic heterocycles. The molecule has 11 heavy (non-hydrogen) atoms. The lowest BCUT2D eigenvalue weighted by Crippen LogP contribution is -1.62. The highest BCUT2D eigenvalue weighted by molar-refractivity contribution is 5.11. The van der Waals surface area contributed by atoms with Crippen LogP contribution in [0.15, 0.2) is 55.6 Å². The zero-order chi connectivity index (χ0) is 8.53. The van der Waals surface area contributed by atoms with E-state index in [1.54, 1.807) is 12.2 Å². The molecule has 0 unspecified atom stereocenters. The Balaban J connectivity index is 0.000000218. The predicted octanol–water partition coefficient (Wildman–Crippen LogP) is 3.35. The quantitative estimate of drug-likeness (QED) is 0.533. The molecule has 0 aliphatic carbocycles. The topological polar surface area (TPSA) is 0 Å². The van der Waals surface area contributed by atoms with Gasteiger partial charge in [0.1, 0.15) is 0 Å². The lowest BCUT2D eigenvalue weighted by molar-refractivity contribution is 1.48. The van der Waals surface area contributed by atoms with E-state index in [-0.39, 0.29) is 0 Å².